The summed E-state index contributed by atoms with van der Waals surface area (Å²) in [4.78, 5) is 40.4. The Hall–Kier alpha value is -3.48. The highest BCUT2D eigenvalue weighted by Gasteiger charge is 2.31. The average molecular weight is 419 g/mol. The number of esters is 1. The Morgan fingerprint density at radius 1 is 1.03 bits per heavy atom. The topological polar surface area (TPSA) is 81.5 Å². The largest absolute Gasteiger partial charge is 0.448 e. The van der Waals surface area contributed by atoms with Crippen molar-refractivity contribution in [3.63, 3.8) is 0 Å². The number of carbonyl (C=O) groups is 2. The Bertz CT molecular complexity index is 1210. The summed E-state index contributed by atoms with van der Waals surface area (Å²) in [5.74, 6) is -0.828. The average Bonchev–Trinajstić information content (AvgIpc) is 3.19. The van der Waals surface area contributed by atoms with Crippen LogP contribution in [0.25, 0.3) is 10.8 Å². The van der Waals surface area contributed by atoms with E-state index in [1.54, 1.807) is 36.1 Å². The minimum absolute atomic E-state index is 0.0392. The van der Waals surface area contributed by atoms with Gasteiger partial charge in [-0.15, -0.1) is 0 Å². The molecule has 1 aliphatic rings. The summed E-state index contributed by atoms with van der Waals surface area (Å²) < 4.78 is 6.82. The van der Waals surface area contributed by atoms with Crippen molar-refractivity contribution in [2.45, 2.75) is 39.8 Å². The number of hydrogen-bond donors (Lipinski definition) is 0. The van der Waals surface area contributed by atoms with Crippen molar-refractivity contribution in [2.75, 3.05) is 11.4 Å². The molecular weight excluding hydrogens is 394 g/mol. The zero-order valence-electron chi connectivity index (χ0n) is 17.9. The molecule has 1 atom stereocenters. The van der Waals surface area contributed by atoms with Crippen LogP contribution >= 0.6 is 0 Å². The highest BCUT2D eigenvalue weighted by atomic mass is 16.5. The molecule has 1 amide bonds. The fourth-order valence-electron chi connectivity index (χ4n) is 3.91. The van der Waals surface area contributed by atoms with Crippen LogP contribution in [0.2, 0.25) is 0 Å². The second-order valence-electron chi connectivity index (χ2n) is 8.19. The molecule has 160 valence electrons. The molecule has 0 aliphatic carbocycles. The molecule has 0 saturated heterocycles. The van der Waals surface area contributed by atoms with E-state index in [9.17, 15) is 14.4 Å². The summed E-state index contributed by atoms with van der Waals surface area (Å²) in [6, 6.07) is 14.5. The quantitative estimate of drug-likeness (QED) is 0.593. The van der Waals surface area contributed by atoms with Gasteiger partial charge in [-0.05, 0) is 37.0 Å². The second-order valence-corrected chi connectivity index (χ2v) is 8.19. The molecule has 2 aromatic carbocycles. The van der Waals surface area contributed by atoms with Crippen molar-refractivity contribution in [1.29, 1.82) is 0 Å². The molecule has 0 radical (unpaired) electrons. The molecule has 0 fully saturated rings. The first-order chi connectivity index (χ1) is 14.9. The number of anilines is 1. The van der Waals surface area contributed by atoms with E-state index in [-0.39, 0.29) is 23.1 Å². The van der Waals surface area contributed by atoms with Gasteiger partial charge in [0.25, 0.3) is 11.5 Å². The lowest BCUT2D eigenvalue weighted by molar-refractivity contribution is -0.126. The number of carbonyl (C=O) groups excluding carboxylic acids is 2. The number of amides is 1. The summed E-state index contributed by atoms with van der Waals surface area (Å²) in [5, 5.41) is 5.11. The van der Waals surface area contributed by atoms with Crippen LogP contribution < -0.4 is 10.5 Å². The summed E-state index contributed by atoms with van der Waals surface area (Å²) >= 11 is 0. The number of aromatic nitrogens is 2. The molecule has 0 spiro atoms. The van der Waals surface area contributed by atoms with Crippen LogP contribution in [0, 0.1) is 5.92 Å². The van der Waals surface area contributed by atoms with E-state index in [2.05, 4.69) is 5.10 Å². The van der Waals surface area contributed by atoms with Crippen molar-refractivity contribution in [1.82, 2.24) is 9.78 Å². The minimum Gasteiger partial charge on any atom is -0.448 e. The van der Waals surface area contributed by atoms with E-state index in [0.29, 0.717) is 23.9 Å². The van der Waals surface area contributed by atoms with Crippen molar-refractivity contribution in [3.8, 4) is 0 Å². The summed E-state index contributed by atoms with van der Waals surface area (Å²) in [6.45, 7) is 6.43. The van der Waals surface area contributed by atoms with E-state index >= 15 is 0 Å². The SMILES string of the molecule is CC(C)Cn1nc(C(=O)O[C@@H](C)C(=O)N2CCc3ccccc32)c2ccccc2c1=O. The van der Waals surface area contributed by atoms with Gasteiger partial charge in [0.2, 0.25) is 0 Å². The van der Waals surface area contributed by atoms with Crippen LogP contribution in [-0.4, -0.2) is 34.3 Å². The lowest BCUT2D eigenvalue weighted by atomic mass is 10.1. The molecular formula is C24H25N3O4. The highest BCUT2D eigenvalue weighted by molar-refractivity contribution is 6.04. The lowest BCUT2D eigenvalue weighted by Crippen LogP contribution is -2.39. The maximum Gasteiger partial charge on any atom is 0.360 e. The maximum atomic E-state index is 13.0. The molecule has 1 aliphatic heterocycles. The van der Waals surface area contributed by atoms with E-state index in [1.807, 2.05) is 38.1 Å². The van der Waals surface area contributed by atoms with Gasteiger partial charge in [-0.1, -0.05) is 50.2 Å². The number of fused-ring (bicyclic) bond motifs is 2. The zero-order chi connectivity index (χ0) is 22.1. The Labute approximate surface area is 180 Å². The first kappa shape index (κ1) is 20.8. The summed E-state index contributed by atoms with van der Waals surface area (Å²) in [6.07, 6.45) is -0.209. The molecule has 2 heterocycles. The highest BCUT2D eigenvalue weighted by Crippen LogP contribution is 2.28. The van der Waals surface area contributed by atoms with Crippen LogP contribution in [0.5, 0.6) is 0 Å². The van der Waals surface area contributed by atoms with E-state index in [0.717, 1.165) is 17.7 Å². The number of ether oxygens (including phenoxy) is 1. The zero-order valence-corrected chi connectivity index (χ0v) is 17.9. The molecule has 1 aromatic heterocycles. The number of hydrogen-bond acceptors (Lipinski definition) is 5. The van der Waals surface area contributed by atoms with E-state index < -0.39 is 12.1 Å². The number of benzene rings is 2. The molecule has 0 unspecified atom stereocenters. The predicted octanol–water partition coefficient (Wildman–Crippen LogP) is 3.19. The molecule has 4 rings (SSSR count). The molecule has 7 nitrogen and oxygen atoms in total. The van der Waals surface area contributed by atoms with Crippen molar-refractivity contribution in [3.05, 3.63) is 70.1 Å². The van der Waals surface area contributed by atoms with Crippen LogP contribution in [0.15, 0.2) is 53.3 Å². The van der Waals surface area contributed by atoms with E-state index in [1.165, 1.54) is 4.68 Å². The van der Waals surface area contributed by atoms with Gasteiger partial charge in [0, 0.05) is 24.2 Å². The third kappa shape index (κ3) is 3.95. The second kappa shape index (κ2) is 8.34. The number of para-hydroxylation sites is 1. The van der Waals surface area contributed by atoms with Crippen molar-refractivity contribution < 1.29 is 14.3 Å². The Morgan fingerprint density at radius 3 is 2.45 bits per heavy atom. The summed E-state index contributed by atoms with van der Waals surface area (Å²) in [7, 11) is 0. The minimum atomic E-state index is -0.982. The van der Waals surface area contributed by atoms with Gasteiger partial charge >= 0.3 is 5.97 Å². The van der Waals surface area contributed by atoms with Gasteiger partial charge in [-0.25, -0.2) is 9.48 Å². The molecule has 0 saturated carbocycles. The van der Waals surface area contributed by atoms with Crippen molar-refractivity contribution in [2.24, 2.45) is 5.92 Å². The van der Waals surface area contributed by atoms with Crippen LogP contribution in [-0.2, 0) is 22.5 Å². The predicted molar refractivity (Wildman–Crippen MR) is 118 cm³/mol. The monoisotopic (exact) mass is 419 g/mol. The first-order valence-corrected chi connectivity index (χ1v) is 10.5. The molecule has 3 aromatic rings. The third-order valence-corrected chi connectivity index (χ3v) is 5.38. The van der Waals surface area contributed by atoms with Gasteiger partial charge in [-0.3, -0.25) is 9.59 Å². The standard InChI is InChI=1S/C24H25N3O4/c1-15(2)14-27-23(29)19-10-6-5-9-18(19)21(25-27)24(30)31-16(3)22(28)26-13-12-17-8-4-7-11-20(17)26/h4-11,15-16H,12-14H2,1-3H3/t16-/m0/s1. The Balaban J connectivity index is 1.62. The lowest BCUT2D eigenvalue weighted by Gasteiger charge is -2.22. The fraction of sp³-hybridized carbons (Fsp3) is 0.333. The van der Waals surface area contributed by atoms with E-state index in [4.69, 9.17) is 4.74 Å². The van der Waals surface area contributed by atoms with Gasteiger partial charge in [0.15, 0.2) is 11.8 Å². The smallest absolute Gasteiger partial charge is 0.360 e. The van der Waals surface area contributed by atoms with Crippen LogP contribution in [0.1, 0.15) is 36.8 Å². The molecule has 31 heavy (non-hydrogen) atoms. The number of nitrogens with zero attached hydrogens (tertiary/aromatic N) is 3. The van der Waals surface area contributed by atoms with Crippen molar-refractivity contribution >= 4 is 28.3 Å². The van der Waals surface area contributed by atoms with Gasteiger partial charge in [0.05, 0.1) is 5.39 Å². The summed E-state index contributed by atoms with van der Waals surface area (Å²) in [5.41, 5.74) is 1.74. The normalized spacial score (nSPS) is 14.0. The number of rotatable bonds is 5. The Kier molecular flexibility index (Phi) is 5.59. The van der Waals surface area contributed by atoms with Gasteiger partial charge < -0.3 is 9.64 Å². The molecule has 0 bridgehead atoms. The third-order valence-electron chi connectivity index (χ3n) is 5.38. The fourth-order valence-corrected chi connectivity index (χ4v) is 3.91. The van der Waals surface area contributed by atoms with Crippen LogP contribution in [0.4, 0.5) is 5.69 Å². The van der Waals surface area contributed by atoms with Crippen LogP contribution in [0.3, 0.4) is 0 Å². The maximum absolute atomic E-state index is 13.0. The van der Waals surface area contributed by atoms with Gasteiger partial charge in [-0.2, -0.15) is 5.10 Å². The van der Waals surface area contributed by atoms with Gasteiger partial charge in [0.1, 0.15) is 0 Å². The molecule has 0 N–H and O–H groups in total. The molecule has 7 heteroatoms. The first-order valence-electron chi connectivity index (χ1n) is 10.5. The Morgan fingerprint density at radius 2 is 1.71 bits per heavy atom.